The summed E-state index contributed by atoms with van der Waals surface area (Å²) >= 11 is 0. The van der Waals surface area contributed by atoms with Crippen LogP contribution in [0, 0.1) is 5.82 Å². The van der Waals surface area contributed by atoms with Crippen molar-refractivity contribution in [2.24, 2.45) is 0 Å². The molecule has 1 atom stereocenters. The van der Waals surface area contributed by atoms with Gasteiger partial charge in [0.05, 0.1) is 18.8 Å². The fourth-order valence-electron chi connectivity index (χ4n) is 3.47. The summed E-state index contributed by atoms with van der Waals surface area (Å²) in [5.41, 5.74) is 2.19. The van der Waals surface area contributed by atoms with Gasteiger partial charge in [-0.15, -0.1) is 0 Å². The summed E-state index contributed by atoms with van der Waals surface area (Å²) in [6.45, 7) is 2.66. The maximum atomic E-state index is 13.8. The molecule has 1 aliphatic rings. The van der Waals surface area contributed by atoms with Crippen LogP contribution in [-0.4, -0.2) is 16.0 Å². The molecule has 1 aromatic carbocycles. The highest BCUT2D eigenvalue weighted by molar-refractivity contribution is 5.30. The van der Waals surface area contributed by atoms with E-state index in [9.17, 15) is 4.39 Å². The maximum Gasteiger partial charge on any atom is 0.123 e. The first-order valence-corrected chi connectivity index (χ1v) is 7.98. The molecule has 0 aliphatic carbocycles. The van der Waals surface area contributed by atoms with Crippen LogP contribution in [0.1, 0.15) is 29.5 Å². The number of rotatable bonds is 3. The Morgan fingerprint density at radius 1 is 1.09 bits per heavy atom. The van der Waals surface area contributed by atoms with Crippen molar-refractivity contribution >= 4 is 0 Å². The van der Waals surface area contributed by atoms with E-state index in [1.165, 1.54) is 11.8 Å². The minimum atomic E-state index is -0.192. The van der Waals surface area contributed by atoms with E-state index in [-0.39, 0.29) is 11.9 Å². The third-order valence-corrected chi connectivity index (χ3v) is 4.46. The first-order chi connectivity index (χ1) is 11.3. The van der Waals surface area contributed by atoms with Gasteiger partial charge < -0.3 is 8.98 Å². The van der Waals surface area contributed by atoms with Crippen molar-refractivity contribution in [1.82, 2.24) is 9.47 Å². The zero-order valence-electron chi connectivity index (χ0n) is 12.9. The van der Waals surface area contributed by atoms with Crippen LogP contribution in [0.5, 0.6) is 0 Å². The molecule has 3 nitrogen and oxygen atoms in total. The molecule has 4 heteroatoms. The molecule has 2 aromatic heterocycles. The average molecular weight is 310 g/mol. The summed E-state index contributed by atoms with van der Waals surface area (Å²) in [6.07, 6.45) is 4.87. The third kappa shape index (κ3) is 2.82. The van der Waals surface area contributed by atoms with Gasteiger partial charge in [-0.2, -0.15) is 0 Å². The van der Waals surface area contributed by atoms with Gasteiger partial charge in [-0.3, -0.25) is 4.90 Å². The fraction of sp³-hybridized carbons (Fsp3) is 0.263. The van der Waals surface area contributed by atoms with Crippen LogP contribution in [0.15, 0.2) is 65.4 Å². The highest BCUT2D eigenvalue weighted by Gasteiger charge is 2.28. The smallest absolute Gasteiger partial charge is 0.123 e. The van der Waals surface area contributed by atoms with Crippen LogP contribution in [0.4, 0.5) is 4.39 Å². The van der Waals surface area contributed by atoms with Crippen molar-refractivity contribution in [3.63, 3.8) is 0 Å². The molecule has 0 saturated heterocycles. The lowest BCUT2D eigenvalue weighted by Crippen LogP contribution is -2.29. The van der Waals surface area contributed by atoms with E-state index in [0.29, 0.717) is 0 Å². The average Bonchev–Trinajstić information content (AvgIpc) is 3.17. The van der Waals surface area contributed by atoms with Gasteiger partial charge in [0.15, 0.2) is 0 Å². The molecule has 0 bridgehead atoms. The largest absolute Gasteiger partial charge is 0.468 e. The van der Waals surface area contributed by atoms with Crippen molar-refractivity contribution in [3.8, 4) is 0 Å². The summed E-state index contributed by atoms with van der Waals surface area (Å²) in [7, 11) is 0. The van der Waals surface area contributed by atoms with Crippen LogP contribution < -0.4 is 0 Å². The van der Waals surface area contributed by atoms with Crippen molar-refractivity contribution < 1.29 is 8.81 Å². The first kappa shape index (κ1) is 14.3. The van der Waals surface area contributed by atoms with E-state index in [1.54, 1.807) is 18.4 Å². The highest BCUT2D eigenvalue weighted by atomic mass is 19.1. The summed E-state index contributed by atoms with van der Waals surface area (Å²) in [6, 6.07) is 15.1. The number of benzene rings is 1. The van der Waals surface area contributed by atoms with Gasteiger partial charge in [0, 0.05) is 25.0 Å². The minimum Gasteiger partial charge on any atom is -0.468 e. The van der Waals surface area contributed by atoms with Gasteiger partial charge in [0.25, 0.3) is 0 Å². The Morgan fingerprint density at radius 2 is 2.04 bits per heavy atom. The number of nitrogens with zero attached hydrogens (tertiary/aromatic N) is 2. The van der Waals surface area contributed by atoms with Crippen LogP contribution in [0.25, 0.3) is 0 Å². The summed E-state index contributed by atoms with van der Waals surface area (Å²) in [5.74, 6) is 0.745. The van der Waals surface area contributed by atoms with Gasteiger partial charge in [0.2, 0.25) is 0 Å². The molecule has 0 spiro atoms. The normalized spacial score (nSPS) is 18.6. The molecule has 0 radical (unpaired) electrons. The zero-order valence-corrected chi connectivity index (χ0v) is 12.9. The van der Waals surface area contributed by atoms with E-state index in [0.717, 1.165) is 37.4 Å². The topological polar surface area (TPSA) is 21.3 Å². The van der Waals surface area contributed by atoms with Crippen LogP contribution in [0.2, 0.25) is 0 Å². The number of hydrogen-bond donors (Lipinski definition) is 0. The first-order valence-electron chi connectivity index (χ1n) is 7.98. The molecule has 0 unspecified atom stereocenters. The second-order valence-electron chi connectivity index (χ2n) is 5.99. The quantitative estimate of drug-likeness (QED) is 0.722. The molecule has 0 fully saturated rings. The highest BCUT2D eigenvalue weighted by Crippen LogP contribution is 2.33. The molecular weight excluding hydrogens is 291 g/mol. The minimum absolute atomic E-state index is 0.0355. The molecular formula is C19H19FN2O. The number of fused-ring (bicyclic) bond motifs is 1. The number of aromatic nitrogens is 1. The number of furan rings is 1. The SMILES string of the molecule is Fc1cccc([C@@H]2c3cccn3CCCN2Cc2ccco2)c1. The van der Waals surface area contributed by atoms with E-state index in [4.69, 9.17) is 4.42 Å². The summed E-state index contributed by atoms with van der Waals surface area (Å²) in [5, 5.41) is 0. The van der Waals surface area contributed by atoms with Gasteiger partial charge in [0.1, 0.15) is 11.6 Å². The fourth-order valence-corrected chi connectivity index (χ4v) is 3.47. The van der Waals surface area contributed by atoms with Gasteiger partial charge in [-0.25, -0.2) is 4.39 Å². The molecule has 23 heavy (non-hydrogen) atoms. The number of hydrogen-bond acceptors (Lipinski definition) is 2. The Labute approximate surface area is 135 Å². The standard InChI is InChI=1S/C19H19FN2O/c20-16-6-1-5-15(13-16)19-18-8-2-9-21(18)10-4-11-22(19)14-17-7-3-12-23-17/h1-3,5-9,12-13,19H,4,10-11,14H2/t19-/m1/s1. The molecule has 3 heterocycles. The molecule has 4 rings (SSSR count). The monoisotopic (exact) mass is 310 g/mol. The molecule has 1 aliphatic heterocycles. The van der Waals surface area contributed by atoms with E-state index in [2.05, 4.69) is 27.8 Å². The molecule has 3 aromatic rings. The van der Waals surface area contributed by atoms with E-state index >= 15 is 0 Å². The maximum absolute atomic E-state index is 13.8. The number of aryl methyl sites for hydroxylation is 1. The molecule has 0 N–H and O–H groups in total. The Morgan fingerprint density at radius 3 is 2.87 bits per heavy atom. The van der Waals surface area contributed by atoms with Crippen LogP contribution in [-0.2, 0) is 13.1 Å². The lowest BCUT2D eigenvalue weighted by atomic mass is 10.0. The van der Waals surface area contributed by atoms with Gasteiger partial charge in [-0.05, 0) is 48.4 Å². The van der Waals surface area contributed by atoms with Crippen molar-refractivity contribution in [3.05, 3.63) is 83.8 Å². The zero-order chi connectivity index (χ0) is 15.6. The Balaban J connectivity index is 1.77. The lowest BCUT2D eigenvalue weighted by Gasteiger charge is -2.29. The van der Waals surface area contributed by atoms with E-state index in [1.807, 2.05) is 18.2 Å². The van der Waals surface area contributed by atoms with Crippen LogP contribution in [0.3, 0.4) is 0 Å². The predicted octanol–water partition coefficient (Wildman–Crippen LogP) is 4.22. The van der Waals surface area contributed by atoms with Gasteiger partial charge >= 0.3 is 0 Å². The summed E-state index contributed by atoms with van der Waals surface area (Å²) < 4.78 is 21.6. The van der Waals surface area contributed by atoms with Crippen molar-refractivity contribution in [2.75, 3.05) is 6.54 Å². The van der Waals surface area contributed by atoms with Crippen molar-refractivity contribution in [1.29, 1.82) is 0 Å². The lowest BCUT2D eigenvalue weighted by molar-refractivity contribution is 0.203. The third-order valence-electron chi connectivity index (χ3n) is 4.46. The van der Waals surface area contributed by atoms with Crippen molar-refractivity contribution in [2.45, 2.75) is 25.6 Å². The number of halogens is 1. The second kappa shape index (κ2) is 6.05. The second-order valence-corrected chi connectivity index (χ2v) is 5.99. The van der Waals surface area contributed by atoms with Gasteiger partial charge in [-0.1, -0.05) is 12.1 Å². The predicted molar refractivity (Wildman–Crippen MR) is 86.4 cm³/mol. The van der Waals surface area contributed by atoms with E-state index < -0.39 is 0 Å². The summed E-state index contributed by atoms with van der Waals surface area (Å²) in [4.78, 5) is 2.37. The molecule has 0 saturated carbocycles. The van der Waals surface area contributed by atoms with Crippen LogP contribution >= 0.6 is 0 Å². The Bertz CT molecular complexity index is 778. The Kier molecular flexibility index (Phi) is 3.75. The molecule has 0 amide bonds. The Hall–Kier alpha value is -2.33. The molecule has 118 valence electrons.